The second-order valence-electron chi connectivity index (χ2n) is 2.96. The van der Waals surface area contributed by atoms with Gasteiger partial charge in [0.15, 0.2) is 0 Å². The number of rotatable bonds is 4. The zero-order chi connectivity index (χ0) is 7.61. The standard InChI is InChI=1S/C8H16OS/c1-3-5-8(4-2)7(6-10)9-8/h7,10H,3-6H2,1-2H3. The van der Waals surface area contributed by atoms with Gasteiger partial charge in [-0.25, -0.2) is 0 Å². The first-order valence-electron chi connectivity index (χ1n) is 4.07. The first-order chi connectivity index (χ1) is 4.79. The molecule has 1 aliphatic rings. The van der Waals surface area contributed by atoms with Gasteiger partial charge in [0.25, 0.3) is 0 Å². The van der Waals surface area contributed by atoms with E-state index < -0.39 is 0 Å². The normalized spacial score (nSPS) is 38.1. The summed E-state index contributed by atoms with van der Waals surface area (Å²) in [5, 5.41) is 0. The molecule has 60 valence electrons. The Balaban J connectivity index is 2.34. The lowest BCUT2D eigenvalue weighted by molar-refractivity contribution is 0.274. The van der Waals surface area contributed by atoms with Gasteiger partial charge in [0.2, 0.25) is 0 Å². The fourth-order valence-corrected chi connectivity index (χ4v) is 1.99. The van der Waals surface area contributed by atoms with Crippen molar-refractivity contribution in [2.45, 2.75) is 44.8 Å². The van der Waals surface area contributed by atoms with Crippen LogP contribution in [0.5, 0.6) is 0 Å². The van der Waals surface area contributed by atoms with Crippen molar-refractivity contribution in [3.63, 3.8) is 0 Å². The van der Waals surface area contributed by atoms with Gasteiger partial charge in [-0.15, -0.1) is 0 Å². The molecule has 0 aliphatic carbocycles. The van der Waals surface area contributed by atoms with Gasteiger partial charge in [0.1, 0.15) is 0 Å². The molecule has 0 aromatic carbocycles. The van der Waals surface area contributed by atoms with E-state index >= 15 is 0 Å². The van der Waals surface area contributed by atoms with Crippen molar-refractivity contribution in [1.29, 1.82) is 0 Å². The summed E-state index contributed by atoms with van der Waals surface area (Å²) in [6.07, 6.45) is 4.01. The maximum atomic E-state index is 5.57. The lowest BCUT2D eigenvalue weighted by atomic mass is 9.97. The van der Waals surface area contributed by atoms with Crippen LogP contribution in [0.3, 0.4) is 0 Å². The molecule has 1 fully saturated rings. The molecule has 2 heteroatoms. The van der Waals surface area contributed by atoms with Crippen molar-refractivity contribution in [3.05, 3.63) is 0 Å². The number of hydrogen-bond donors (Lipinski definition) is 1. The molecule has 0 N–H and O–H groups in total. The molecule has 0 aromatic rings. The van der Waals surface area contributed by atoms with Crippen LogP contribution < -0.4 is 0 Å². The molecular weight excluding hydrogens is 144 g/mol. The van der Waals surface area contributed by atoms with Gasteiger partial charge in [-0.1, -0.05) is 20.3 Å². The Morgan fingerprint density at radius 3 is 2.50 bits per heavy atom. The van der Waals surface area contributed by atoms with Crippen LogP contribution in [0.4, 0.5) is 0 Å². The minimum atomic E-state index is 0.233. The van der Waals surface area contributed by atoms with Crippen LogP contribution in [-0.4, -0.2) is 17.5 Å². The Hall–Kier alpha value is 0.310. The Morgan fingerprint density at radius 1 is 1.50 bits per heavy atom. The third-order valence-electron chi connectivity index (χ3n) is 2.34. The lowest BCUT2D eigenvalue weighted by Gasteiger charge is -2.06. The molecule has 1 aliphatic heterocycles. The zero-order valence-corrected chi connectivity index (χ0v) is 7.66. The maximum absolute atomic E-state index is 5.57. The highest BCUT2D eigenvalue weighted by Gasteiger charge is 2.52. The molecule has 0 amide bonds. The van der Waals surface area contributed by atoms with Gasteiger partial charge in [0.05, 0.1) is 11.7 Å². The molecule has 0 saturated carbocycles. The SMILES string of the molecule is CCCC1(CC)OC1CS. The summed E-state index contributed by atoms with van der Waals surface area (Å²) in [5.74, 6) is 0.883. The summed E-state index contributed by atoms with van der Waals surface area (Å²) in [6.45, 7) is 4.40. The molecule has 1 rings (SSSR count). The zero-order valence-electron chi connectivity index (χ0n) is 6.76. The van der Waals surface area contributed by atoms with Crippen molar-refractivity contribution < 1.29 is 4.74 Å². The fraction of sp³-hybridized carbons (Fsp3) is 1.00. The summed E-state index contributed by atoms with van der Waals surface area (Å²) >= 11 is 4.21. The Bertz CT molecular complexity index is 116. The molecule has 1 nitrogen and oxygen atoms in total. The summed E-state index contributed by atoms with van der Waals surface area (Å²) in [5.41, 5.74) is 0.233. The average molecular weight is 160 g/mol. The van der Waals surface area contributed by atoms with Crippen LogP contribution in [0.25, 0.3) is 0 Å². The second kappa shape index (κ2) is 3.14. The van der Waals surface area contributed by atoms with E-state index in [1.165, 1.54) is 12.8 Å². The summed E-state index contributed by atoms with van der Waals surface area (Å²) in [4.78, 5) is 0. The predicted molar refractivity (Wildman–Crippen MR) is 46.7 cm³/mol. The van der Waals surface area contributed by atoms with E-state index in [2.05, 4.69) is 26.5 Å². The van der Waals surface area contributed by atoms with E-state index in [4.69, 9.17) is 4.74 Å². The summed E-state index contributed by atoms with van der Waals surface area (Å²) in [6, 6.07) is 0. The van der Waals surface area contributed by atoms with Gasteiger partial charge in [0, 0.05) is 5.75 Å². The Kier molecular flexibility index (Phi) is 2.64. The third kappa shape index (κ3) is 1.32. The van der Waals surface area contributed by atoms with Crippen molar-refractivity contribution in [2.75, 3.05) is 5.75 Å². The highest BCUT2D eigenvalue weighted by Crippen LogP contribution is 2.43. The van der Waals surface area contributed by atoms with Crippen molar-refractivity contribution in [1.82, 2.24) is 0 Å². The average Bonchev–Trinajstić information content (AvgIpc) is 2.65. The van der Waals surface area contributed by atoms with Gasteiger partial charge in [-0.2, -0.15) is 12.6 Å². The molecule has 0 radical (unpaired) electrons. The molecule has 1 saturated heterocycles. The molecule has 1 heterocycles. The van der Waals surface area contributed by atoms with E-state index in [1.54, 1.807) is 0 Å². The van der Waals surface area contributed by atoms with Gasteiger partial charge in [-0.05, 0) is 12.8 Å². The minimum absolute atomic E-state index is 0.233. The van der Waals surface area contributed by atoms with E-state index in [0.717, 1.165) is 12.2 Å². The maximum Gasteiger partial charge on any atom is 0.0961 e. The van der Waals surface area contributed by atoms with E-state index in [9.17, 15) is 0 Å². The summed E-state index contributed by atoms with van der Waals surface area (Å²) in [7, 11) is 0. The van der Waals surface area contributed by atoms with Crippen LogP contribution in [0, 0.1) is 0 Å². The number of epoxide rings is 1. The third-order valence-corrected chi connectivity index (χ3v) is 2.68. The molecule has 0 aromatic heterocycles. The second-order valence-corrected chi connectivity index (χ2v) is 3.32. The Labute approximate surface area is 68.6 Å². The molecule has 0 spiro atoms. The van der Waals surface area contributed by atoms with Crippen LogP contribution in [-0.2, 0) is 4.74 Å². The van der Waals surface area contributed by atoms with E-state index in [-0.39, 0.29) is 5.60 Å². The number of ether oxygens (including phenoxy) is 1. The first kappa shape index (κ1) is 8.41. The van der Waals surface area contributed by atoms with E-state index in [1.807, 2.05) is 0 Å². The topological polar surface area (TPSA) is 12.5 Å². The minimum Gasteiger partial charge on any atom is -0.365 e. The fourth-order valence-electron chi connectivity index (χ4n) is 1.58. The van der Waals surface area contributed by atoms with Gasteiger partial charge in [-0.3, -0.25) is 0 Å². The van der Waals surface area contributed by atoms with Crippen LogP contribution in [0.15, 0.2) is 0 Å². The quantitative estimate of drug-likeness (QED) is 0.491. The molecular formula is C8H16OS. The molecule has 0 bridgehead atoms. The van der Waals surface area contributed by atoms with E-state index in [0.29, 0.717) is 6.10 Å². The van der Waals surface area contributed by atoms with Crippen LogP contribution in [0.1, 0.15) is 33.1 Å². The largest absolute Gasteiger partial charge is 0.365 e. The van der Waals surface area contributed by atoms with Crippen molar-refractivity contribution >= 4 is 12.6 Å². The number of thiol groups is 1. The molecule has 2 unspecified atom stereocenters. The molecule has 2 atom stereocenters. The monoisotopic (exact) mass is 160 g/mol. The highest BCUT2D eigenvalue weighted by atomic mass is 32.1. The summed E-state index contributed by atoms with van der Waals surface area (Å²) < 4.78 is 5.57. The van der Waals surface area contributed by atoms with Crippen molar-refractivity contribution in [2.24, 2.45) is 0 Å². The van der Waals surface area contributed by atoms with Crippen LogP contribution >= 0.6 is 12.6 Å². The molecule has 10 heavy (non-hydrogen) atoms. The predicted octanol–water partition coefficient (Wildman–Crippen LogP) is 2.26. The Morgan fingerprint density at radius 2 is 2.20 bits per heavy atom. The van der Waals surface area contributed by atoms with Crippen molar-refractivity contribution in [3.8, 4) is 0 Å². The van der Waals surface area contributed by atoms with Crippen LogP contribution in [0.2, 0.25) is 0 Å². The van der Waals surface area contributed by atoms with Gasteiger partial charge < -0.3 is 4.74 Å². The highest BCUT2D eigenvalue weighted by molar-refractivity contribution is 7.80. The van der Waals surface area contributed by atoms with Gasteiger partial charge >= 0.3 is 0 Å². The smallest absolute Gasteiger partial charge is 0.0961 e. The number of hydrogen-bond acceptors (Lipinski definition) is 2. The lowest BCUT2D eigenvalue weighted by Crippen LogP contribution is -2.13. The first-order valence-corrected chi connectivity index (χ1v) is 4.71.